The van der Waals surface area contributed by atoms with Gasteiger partial charge < -0.3 is 5.11 Å². The van der Waals surface area contributed by atoms with E-state index in [1.165, 1.54) is 12.8 Å². The molecule has 3 heteroatoms. The first-order chi connectivity index (χ1) is 4.88. The van der Waals surface area contributed by atoms with Crippen LogP contribution < -0.4 is 4.84 Å². The molecule has 0 aromatic heterocycles. The Bertz CT molecular complexity index is 87.6. The number of hydrogen-bond donors (Lipinski definition) is 2. The van der Waals surface area contributed by atoms with Crippen molar-refractivity contribution >= 4 is 11.8 Å². The molecule has 2 nitrogen and oxygen atoms in total. The number of aliphatic hydroxyl groups is 1. The summed E-state index contributed by atoms with van der Waals surface area (Å²) in [5.74, 6) is 0.381. The first-order valence-electron chi connectivity index (χ1n) is 3.85. The number of nitrogens with one attached hydrogen (secondary N) is 1. The monoisotopic (exact) mass is 163 g/mol. The summed E-state index contributed by atoms with van der Waals surface area (Å²) >= 11 is 5.49. The highest BCUT2D eigenvalue weighted by Gasteiger charge is 2.22. The number of hydrogen-bond acceptors (Lipinski definition) is 2. The Labute approximate surface area is 66.7 Å². The molecule has 0 bridgehead atoms. The van der Waals surface area contributed by atoms with Crippen LogP contribution in [0.4, 0.5) is 0 Å². The smallest absolute Gasteiger partial charge is 0.0474 e. The quantitative estimate of drug-likeness (QED) is 0.602. The van der Waals surface area contributed by atoms with Crippen molar-refractivity contribution in [2.24, 2.45) is 5.92 Å². The fraction of sp³-hybridized carbons (Fsp3) is 1.00. The third kappa shape index (κ3) is 1.84. The highest BCUT2D eigenvalue weighted by atomic mass is 35.5. The first kappa shape index (κ1) is 8.31. The lowest BCUT2D eigenvalue weighted by atomic mass is 9.86. The van der Waals surface area contributed by atoms with Crippen molar-refractivity contribution < 1.29 is 5.11 Å². The second kappa shape index (κ2) is 4.16. The second-order valence-electron chi connectivity index (χ2n) is 2.94. The Balaban J connectivity index is 2.34. The summed E-state index contributed by atoms with van der Waals surface area (Å²) < 4.78 is 0. The van der Waals surface area contributed by atoms with E-state index in [1.807, 2.05) is 0 Å². The van der Waals surface area contributed by atoms with Crippen molar-refractivity contribution in [2.45, 2.75) is 31.7 Å². The van der Waals surface area contributed by atoms with E-state index in [2.05, 4.69) is 4.84 Å². The maximum atomic E-state index is 8.89. The average molecular weight is 164 g/mol. The van der Waals surface area contributed by atoms with Crippen LogP contribution >= 0.6 is 11.8 Å². The maximum absolute atomic E-state index is 8.89. The molecule has 0 radical (unpaired) electrons. The molecule has 1 rings (SSSR count). The lowest BCUT2D eigenvalue weighted by Crippen LogP contribution is -2.35. The highest BCUT2D eigenvalue weighted by Crippen LogP contribution is 2.23. The van der Waals surface area contributed by atoms with Crippen LogP contribution in [0.15, 0.2) is 0 Å². The lowest BCUT2D eigenvalue weighted by molar-refractivity contribution is 0.164. The van der Waals surface area contributed by atoms with E-state index >= 15 is 0 Å². The molecule has 0 amide bonds. The van der Waals surface area contributed by atoms with Crippen LogP contribution in [0.5, 0.6) is 0 Å². The molecule has 0 spiro atoms. The maximum Gasteiger partial charge on any atom is 0.0474 e. The van der Waals surface area contributed by atoms with Gasteiger partial charge in [-0.2, -0.15) is 0 Å². The van der Waals surface area contributed by atoms with Crippen molar-refractivity contribution in [1.82, 2.24) is 4.84 Å². The third-order valence-electron chi connectivity index (χ3n) is 2.28. The predicted octanol–water partition coefficient (Wildman–Crippen LogP) is 1.28. The molecule has 1 saturated carbocycles. The predicted molar refractivity (Wildman–Crippen MR) is 41.8 cm³/mol. The van der Waals surface area contributed by atoms with Crippen LogP contribution in [0.2, 0.25) is 0 Å². The van der Waals surface area contributed by atoms with Crippen LogP contribution in [0, 0.1) is 5.92 Å². The van der Waals surface area contributed by atoms with Gasteiger partial charge in [0.25, 0.3) is 0 Å². The molecule has 10 heavy (non-hydrogen) atoms. The van der Waals surface area contributed by atoms with Gasteiger partial charge in [0.2, 0.25) is 0 Å². The zero-order chi connectivity index (χ0) is 7.40. The molecule has 1 aliphatic rings. The number of rotatable bonds is 2. The van der Waals surface area contributed by atoms with Crippen molar-refractivity contribution in [3.8, 4) is 0 Å². The number of aliphatic hydroxyl groups excluding tert-OH is 1. The molecule has 0 aromatic rings. The zero-order valence-electron chi connectivity index (χ0n) is 6.02. The fourth-order valence-electron chi connectivity index (χ4n) is 1.57. The molecule has 0 unspecified atom stereocenters. The SMILES string of the molecule is OC[C@H]1CCCC[C@H]1NCl. The van der Waals surface area contributed by atoms with Gasteiger partial charge in [0.15, 0.2) is 0 Å². The summed E-state index contributed by atoms with van der Waals surface area (Å²) in [6, 6.07) is 0.334. The first-order valence-corrected chi connectivity index (χ1v) is 4.23. The van der Waals surface area contributed by atoms with Gasteiger partial charge in [-0.25, -0.2) is 4.84 Å². The van der Waals surface area contributed by atoms with Crippen LogP contribution in [-0.2, 0) is 0 Å². The fourth-order valence-corrected chi connectivity index (χ4v) is 1.86. The second-order valence-corrected chi connectivity index (χ2v) is 3.16. The molecule has 0 aromatic carbocycles. The summed E-state index contributed by atoms with van der Waals surface area (Å²) in [6.07, 6.45) is 4.69. The number of halogens is 1. The standard InChI is InChI=1S/C7H14ClNO/c8-9-7-4-2-1-3-6(7)5-10/h6-7,9-10H,1-5H2/t6-,7-/m1/s1. The van der Waals surface area contributed by atoms with E-state index in [-0.39, 0.29) is 6.61 Å². The summed E-state index contributed by atoms with van der Waals surface area (Å²) in [4.78, 5) is 2.72. The van der Waals surface area contributed by atoms with Crippen molar-refractivity contribution in [1.29, 1.82) is 0 Å². The molecule has 0 aliphatic heterocycles. The van der Waals surface area contributed by atoms with Crippen molar-refractivity contribution in [2.75, 3.05) is 6.61 Å². The molecular weight excluding hydrogens is 150 g/mol. The van der Waals surface area contributed by atoms with E-state index in [0.29, 0.717) is 12.0 Å². The molecule has 2 atom stereocenters. The molecular formula is C7H14ClNO. The summed E-state index contributed by atoms with van der Waals surface area (Å²) in [7, 11) is 0. The largest absolute Gasteiger partial charge is 0.396 e. The zero-order valence-corrected chi connectivity index (χ0v) is 6.77. The molecule has 1 aliphatic carbocycles. The van der Waals surface area contributed by atoms with Crippen LogP contribution in [0.25, 0.3) is 0 Å². The van der Waals surface area contributed by atoms with E-state index in [1.54, 1.807) is 0 Å². The Kier molecular flexibility index (Phi) is 3.46. The third-order valence-corrected chi connectivity index (χ3v) is 2.56. The lowest BCUT2D eigenvalue weighted by Gasteiger charge is -2.28. The van der Waals surface area contributed by atoms with Crippen molar-refractivity contribution in [3.05, 3.63) is 0 Å². The topological polar surface area (TPSA) is 32.3 Å². The molecule has 60 valence electrons. The van der Waals surface area contributed by atoms with Crippen molar-refractivity contribution in [3.63, 3.8) is 0 Å². The molecule has 2 N–H and O–H groups in total. The van der Waals surface area contributed by atoms with Gasteiger partial charge in [-0.05, 0) is 30.5 Å². The van der Waals surface area contributed by atoms with Crippen LogP contribution in [0.3, 0.4) is 0 Å². The average Bonchev–Trinajstić information content (AvgIpc) is 2.04. The van der Waals surface area contributed by atoms with Gasteiger partial charge in [0.05, 0.1) is 0 Å². The minimum absolute atomic E-state index is 0.268. The minimum Gasteiger partial charge on any atom is -0.396 e. The highest BCUT2D eigenvalue weighted by molar-refractivity contribution is 6.13. The molecule has 0 saturated heterocycles. The van der Waals surface area contributed by atoms with Gasteiger partial charge >= 0.3 is 0 Å². The molecule has 1 fully saturated rings. The minimum atomic E-state index is 0.268. The molecule has 0 heterocycles. The van der Waals surface area contributed by atoms with Crippen LogP contribution in [0.1, 0.15) is 25.7 Å². The Hall–Kier alpha value is 0.210. The van der Waals surface area contributed by atoms with Gasteiger partial charge in [0.1, 0.15) is 0 Å². The van der Waals surface area contributed by atoms with Gasteiger partial charge in [0, 0.05) is 12.6 Å². The van der Waals surface area contributed by atoms with Gasteiger partial charge in [-0.15, -0.1) is 0 Å². The van der Waals surface area contributed by atoms with E-state index in [0.717, 1.165) is 12.8 Å². The Morgan fingerprint density at radius 3 is 2.60 bits per heavy atom. The Morgan fingerprint density at radius 2 is 2.10 bits per heavy atom. The summed E-state index contributed by atoms with van der Waals surface area (Å²) in [5.41, 5.74) is 0. The van der Waals surface area contributed by atoms with Gasteiger partial charge in [-0.1, -0.05) is 12.8 Å². The Morgan fingerprint density at radius 1 is 1.40 bits per heavy atom. The summed E-state index contributed by atoms with van der Waals surface area (Å²) in [5, 5.41) is 8.89. The van der Waals surface area contributed by atoms with Gasteiger partial charge in [-0.3, -0.25) is 0 Å². The normalized spacial score (nSPS) is 34.2. The summed E-state index contributed by atoms with van der Waals surface area (Å²) in [6.45, 7) is 0.268. The van der Waals surface area contributed by atoms with E-state index in [4.69, 9.17) is 16.9 Å². The van der Waals surface area contributed by atoms with Crippen LogP contribution in [-0.4, -0.2) is 17.8 Å². The van der Waals surface area contributed by atoms with E-state index in [9.17, 15) is 0 Å². The van der Waals surface area contributed by atoms with E-state index < -0.39 is 0 Å².